The Bertz CT molecular complexity index is 1040. The van der Waals surface area contributed by atoms with Crippen LogP contribution < -0.4 is 10.6 Å². The molecule has 5 nitrogen and oxygen atoms in total. The van der Waals surface area contributed by atoms with Crippen molar-refractivity contribution in [2.75, 3.05) is 10.6 Å². The lowest BCUT2D eigenvalue weighted by Gasteiger charge is -2.22. The lowest BCUT2D eigenvalue weighted by Crippen LogP contribution is -2.28. The molecule has 0 bridgehead atoms. The highest BCUT2D eigenvalue weighted by Gasteiger charge is 2.27. The third kappa shape index (κ3) is 3.69. The Kier molecular flexibility index (Phi) is 4.62. The zero-order valence-electron chi connectivity index (χ0n) is 14.9. The molecular formula is C21H20ClN3O2. The molecule has 2 aromatic carbocycles. The van der Waals surface area contributed by atoms with E-state index in [0.29, 0.717) is 22.8 Å². The lowest BCUT2D eigenvalue weighted by atomic mass is 9.86. The van der Waals surface area contributed by atoms with Crippen LogP contribution >= 0.6 is 11.6 Å². The van der Waals surface area contributed by atoms with Crippen LogP contribution in [0.4, 0.5) is 11.4 Å². The van der Waals surface area contributed by atoms with Gasteiger partial charge in [-0.25, -0.2) is 0 Å². The summed E-state index contributed by atoms with van der Waals surface area (Å²) in [5.41, 5.74) is 4.79. The van der Waals surface area contributed by atoms with E-state index in [9.17, 15) is 9.59 Å². The first-order valence-electron chi connectivity index (χ1n) is 8.97. The maximum absolute atomic E-state index is 12.8. The Balaban J connectivity index is 1.52. The summed E-state index contributed by atoms with van der Waals surface area (Å²) in [7, 11) is 0. The molecule has 3 N–H and O–H groups in total. The second-order valence-corrected chi connectivity index (χ2v) is 7.40. The smallest absolute Gasteiger partial charge is 0.227 e. The summed E-state index contributed by atoms with van der Waals surface area (Å²) in [6.07, 6.45) is 2.32. The predicted octanol–water partition coefficient (Wildman–Crippen LogP) is 4.52. The summed E-state index contributed by atoms with van der Waals surface area (Å²) in [5.74, 6) is -0.242. The molecule has 1 aromatic heterocycles. The fraction of sp³-hybridized carbons (Fsp3) is 0.238. The molecule has 3 aromatic rings. The number of rotatable bonds is 3. The van der Waals surface area contributed by atoms with Crippen LogP contribution in [0.1, 0.15) is 24.6 Å². The van der Waals surface area contributed by atoms with E-state index in [1.165, 1.54) is 18.2 Å². The zero-order valence-corrected chi connectivity index (χ0v) is 15.7. The molecule has 0 fully saturated rings. The standard InChI is InChI=1S/C21H20ClN3O2/c1-12(26)23-15-3-2-4-16(11-15)24-21(27)13-5-7-19-17(9-13)18-10-14(22)6-8-20(18)25-19/h2-4,6,8,10-11,13,25H,5,7,9H2,1H3,(H,23,26)(H,24,27). The Labute approximate surface area is 162 Å². The summed E-state index contributed by atoms with van der Waals surface area (Å²) >= 11 is 6.15. The lowest BCUT2D eigenvalue weighted by molar-refractivity contribution is -0.120. The number of H-pyrrole nitrogens is 1. The van der Waals surface area contributed by atoms with Gasteiger partial charge in [-0.3, -0.25) is 9.59 Å². The van der Waals surface area contributed by atoms with E-state index in [1.807, 2.05) is 30.3 Å². The fourth-order valence-corrected chi connectivity index (χ4v) is 3.91. The molecule has 0 aliphatic heterocycles. The largest absolute Gasteiger partial charge is 0.358 e. The molecule has 0 saturated carbocycles. The third-order valence-electron chi connectivity index (χ3n) is 4.97. The molecule has 1 unspecified atom stereocenters. The van der Waals surface area contributed by atoms with Crippen LogP contribution in [0.5, 0.6) is 0 Å². The minimum Gasteiger partial charge on any atom is -0.358 e. The van der Waals surface area contributed by atoms with Gasteiger partial charge < -0.3 is 15.6 Å². The number of fused-ring (bicyclic) bond motifs is 3. The number of carbonyl (C=O) groups is 2. The maximum Gasteiger partial charge on any atom is 0.227 e. The Hall–Kier alpha value is -2.79. The highest BCUT2D eigenvalue weighted by Crippen LogP contribution is 2.33. The minimum absolute atomic E-state index is 0.00277. The van der Waals surface area contributed by atoms with Crippen molar-refractivity contribution in [3.63, 3.8) is 0 Å². The zero-order chi connectivity index (χ0) is 19.0. The first kappa shape index (κ1) is 17.6. The number of aromatic amines is 1. The average Bonchev–Trinajstić information content (AvgIpc) is 2.98. The number of aromatic nitrogens is 1. The summed E-state index contributed by atoms with van der Waals surface area (Å²) in [4.78, 5) is 27.5. The third-order valence-corrected chi connectivity index (χ3v) is 5.21. The Morgan fingerprint density at radius 2 is 1.89 bits per heavy atom. The highest BCUT2D eigenvalue weighted by molar-refractivity contribution is 6.31. The van der Waals surface area contributed by atoms with Gasteiger partial charge in [0, 0.05) is 45.8 Å². The number of nitrogens with one attached hydrogen (secondary N) is 3. The Morgan fingerprint density at radius 1 is 1.11 bits per heavy atom. The van der Waals surface area contributed by atoms with Crippen LogP contribution in [0.15, 0.2) is 42.5 Å². The van der Waals surface area contributed by atoms with Crippen molar-refractivity contribution in [2.45, 2.75) is 26.2 Å². The fourth-order valence-electron chi connectivity index (χ4n) is 3.74. The van der Waals surface area contributed by atoms with Crippen molar-refractivity contribution in [2.24, 2.45) is 5.92 Å². The number of halogens is 1. The van der Waals surface area contributed by atoms with E-state index in [4.69, 9.17) is 11.6 Å². The monoisotopic (exact) mass is 381 g/mol. The van der Waals surface area contributed by atoms with Gasteiger partial charge in [-0.05, 0) is 61.2 Å². The van der Waals surface area contributed by atoms with Crippen molar-refractivity contribution in [1.29, 1.82) is 0 Å². The predicted molar refractivity (Wildman–Crippen MR) is 108 cm³/mol. The van der Waals surface area contributed by atoms with Crippen molar-refractivity contribution < 1.29 is 9.59 Å². The Morgan fingerprint density at radius 3 is 2.67 bits per heavy atom. The van der Waals surface area contributed by atoms with E-state index in [2.05, 4.69) is 15.6 Å². The normalized spacial score (nSPS) is 16.0. The number of aryl methyl sites for hydroxylation is 1. The van der Waals surface area contributed by atoms with Crippen molar-refractivity contribution >= 4 is 45.7 Å². The second-order valence-electron chi connectivity index (χ2n) is 6.96. The van der Waals surface area contributed by atoms with Crippen LogP contribution in [-0.4, -0.2) is 16.8 Å². The molecule has 0 saturated heterocycles. The molecule has 1 aliphatic rings. The maximum atomic E-state index is 12.8. The van der Waals surface area contributed by atoms with Gasteiger partial charge in [0.05, 0.1) is 0 Å². The molecule has 27 heavy (non-hydrogen) atoms. The molecular weight excluding hydrogens is 362 g/mol. The molecule has 138 valence electrons. The van der Waals surface area contributed by atoms with Crippen LogP contribution in [-0.2, 0) is 22.4 Å². The topological polar surface area (TPSA) is 74.0 Å². The van der Waals surface area contributed by atoms with E-state index in [1.54, 1.807) is 12.1 Å². The first-order chi connectivity index (χ1) is 13.0. The van der Waals surface area contributed by atoms with Gasteiger partial charge in [-0.15, -0.1) is 0 Å². The van der Waals surface area contributed by atoms with Crippen LogP contribution in [0.25, 0.3) is 10.9 Å². The minimum atomic E-state index is -0.142. The number of carbonyl (C=O) groups excluding carboxylic acids is 2. The van der Waals surface area contributed by atoms with E-state index < -0.39 is 0 Å². The molecule has 6 heteroatoms. The van der Waals surface area contributed by atoms with Gasteiger partial charge in [0.25, 0.3) is 0 Å². The molecule has 2 amide bonds. The van der Waals surface area contributed by atoms with Gasteiger partial charge in [-0.2, -0.15) is 0 Å². The second kappa shape index (κ2) is 7.08. The molecule has 4 rings (SSSR count). The van der Waals surface area contributed by atoms with Crippen molar-refractivity contribution in [3.8, 4) is 0 Å². The quantitative estimate of drug-likeness (QED) is 0.623. The number of hydrogen-bond donors (Lipinski definition) is 3. The summed E-state index contributed by atoms with van der Waals surface area (Å²) in [5, 5.41) is 7.51. The highest BCUT2D eigenvalue weighted by atomic mass is 35.5. The average molecular weight is 382 g/mol. The summed E-state index contributed by atoms with van der Waals surface area (Å²) in [6.45, 7) is 1.46. The number of anilines is 2. The van der Waals surface area contributed by atoms with E-state index >= 15 is 0 Å². The van der Waals surface area contributed by atoms with Gasteiger partial charge in [-0.1, -0.05) is 17.7 Å². The van der Waals surface area contributed by atoms with Gasteiger partial charge in [0.1, 0.15) is 0 Å². The van der Waals surface area contributed by atoms with E-state index in [-0.39, 0.29) is 17.7 Å². The molecule has 1 atom stereocenters. The number of benzene rings is 2. The summed E-state index contributed by atoms with van der Waals surface area (Å²) < 4.78 is 0. The van der Waals surface area contributed by atoms with Gasteiger partial charge in [0.15, 0.2) is 0 Å². The van der Waals surface area contributed by atoms with Crippen LogP contribution in [0, 0.1) is 5.92 Å². The SMILES string of the molecule is CC(=O)Nc1cccc(NC(=O)C2CCc3[nH]c4ccc(Cl)cc4c3C2)c1. The first-order valence-corrected chi connectivity index (χ1v) is 9.35. The molecule has 1 heterocycles. The van der Waals surface area contributed by atoms with Crippen LogP contribution in [0.3, 0.4) is 0 Å². The van der Waals surface area contributed by atoms with Gasteiger partial charge >= 0.3 is 0 Å². The van der Waals surface area contributed by atoms with Crippen LogP contribution in [0.2, 0.25) is 5.02 Å². The molecule has 0 radical (unpaired) electrons. The van der Waals surface area contributed by atoms with Crippen molar-refractivity contribution in [3.05, 3.63) is 58.7 Å². The number of amides is 2. The number of hydrogen-bond acceptors (Lipinski definition) is 2. The van der Waals surface area contributed by atoms with E-state index in [0.717, 1.165) is 23.7 Å². The molecule has 0 spiro atoms. The molecule has 1 aliphatic carbocycles. The van der Waals surface area contributed by atoms with Crippen molar-refractivity contribution in [1.82, 2.24) is 4.98 Å². The van der Waals surface area contributed by atoms with Gasteiger partial charge in [0.2, 0.25) is 11.8 Å². The summed E-state index contributed by atoms with van der Waals surface area (Å²) in [6, 6.07) is 13.0.